The van der Waals surface area contributed by atoms with Crippen molar-refractivity contribution in [3.05, 3.63) is 23.5 Å². The Hall–Kier alpha value is -1.89. The number of methoxy groups -OCH3 is 2. The standard InChI is InChI=1S/C11H14N4O2S/c1-7-4-12-11(13-5-7)14-6-8-9(16-2)15-18-10(8)17-3/h4-5H,6H2,1-3H3,(H,12,13,14). The van der Waals surface area contributed by atoms with Crippen molar-refractivity contribution < 1.29 is 9.47 Å². The van der Waals surface area contributed by atoms with Crippen molar-refractivity contribution in [2.45, 2.75) is 13.5 Å². The number of aryl methyl sites for hydroxylation is 1. The van der Waals surface area contributed by atoms with E-state index < -0.39 is 0 Å². The lowest BCUT2D eigenvalue weighted by molar-refractivity contribution is 0.389. The fourth-order valence-electron chi connectivity index (χ4n) is 1.40. The first-order valence-electron chi connectivity index (χ1n) is 5.33. The van der Waals surface area contributed by atoms with E-state index in [0.717, 1.165) is 16.2 Å². The van der Waals surface area contributed by atoms with Gasteiger partial charge in [0.25, 0.3) is 0 Å². The molecule has 0 aromatic carbocycles. The van der Waals surface area contributed by atoms with Gasteiger partial charge in [-0.1, -0.05) is 0 Å². The summed E-state index contributed by atoms with van der Waals surface area (Å²) in [6, 6.07) is 0. The van der Waals surface area contributed by atoms with E-state index >= 15 is 0 Å². The summed E-state index contributed by atoms with van der Waals surface area (Å²) in [4.78, 5) is 8.34. The molecule has 0 atom stereocenters. The van der Waals surface area contributed by atoms with Crippen molar-refractivity contribution in [1.29, 1.82) is 0 Å². The van der Waals surface area contributed by atoms with Gasteiger partial charge in [0.05, 0.1) is 26.3 Å². The highest BCUT2D eigenvalue weighted by molar-refractivity contribution is 7.08. The summed E-state index contributed by atoms with van der Waals surface area (Å²) in [5, 5.41) is 3.84. The number of hydrogen-bond acceptors (Lipinski definition) is 7. The van der Waals surface area contributed by atoms with Crippen LogP contribution in [0.3, 0.4) is 0 Å². The van der Waals surface area contributed by atoms with Gasteiger partial charge in [-0.05, 0) is 12.5 Å². The van der Waals surface area contributed by atoms with Gasteiger partial charge in [-0.2, -0.15) is 4.37 Å². The van der Waals surface area contributed by atoms with Gasteiger partial charge < -0.3 is 14.8 Å². The third kappa shape index (κ3) is 2.67. The molecular weight excluding hydrogens is 252 g/mol. The molecule has 0 radical (unpaired) electrons. The molecule has 6 nitrogen and oxygen atoms in total. The first-order chi connectivity index (χ1) is 8.74. The van der Waals surface area contributed by atoms with Gasteiger partial charge in [-0.25, -0.2) is 9.97 Å². The Kier molecular flexibility index (Phi) is 3.93. The fraction of sp³-hybridized carbons (Fsp3) is 0.364. The van der Waals surface area contributed by atoms with Gasteiger partial charge in [-0.3, -0.25) is 0 Å². The van der Waals surface area contributed by atoms with E-state index in [0.29, 0.717) is 18.4 Å². The summed E-state index contributed by atoms with van der Waals surface area (Å²) in [6.45, 7) is 2.45. The normalized spacial score (nSPS) is 10.2. The third-order valence-electron chi connectivity index (χ3n) is 2.30. The number of nitrogens with one attached hydrogen (secondary N) is 1. The van der Waals surface area contributed by atoms with Crippen LogP contribution in [0.4, 0.5) is 5.95 Å². The van der Waals surface area contributed by atoms with Crippen molar-refractivity contribution in [2.24, 2.45) is 0 Å². The maximum Gasteiger partial charge on any atom is 0.233 e. The predicted molar refractivity (Wildman–Crippen MR) is 69.3 cm³/mol. The molecule has 0 aliphatic carbocycles. The van der Waals surface area contributed by atoms with Crippen LogP contribution in [0.2, 0.25) is 0 Å². The molecule has 0 aliphatic rings. The first kappa shape index (κ1) is 12.6. The van der Waals surface area contributed by atoms with Gasteiger partial charge in [0.1, 0.15) is 0 Å². The predicted octanol–water partition coefficient (Wildman–Crippen LogP) is 1.87. The lowest BCUT2D eigenvalue weighted by Crippen LogP contribution is -2.05. The number of nitrogens with zero attached hydrogens (tertiary/aromatic N) is 3. The van der Waals surface area contributed by atoms with E-state index in [1.54, 1.807) is 26.6 Å². The second-order valence-corrected chi connectivity index (χ2v) is 4.34. The summed E-state index contributed by atoms with van der Waals surface area (Å²) in [7, 11) is 3.19. The minimum atomic E-state index is 0.506. The number of ether oxygens (including phenoxy) is 2. The van der Waals surface area contributed by atoms with Crippen molar-refractivity contribution in [1.82, 2.24) is 14.3 Å². The van der Waals surface area contributed by atoms with Crippen LogP contribution < -0.4 is 14.8 Å². The fourth-order valence-corrected chi connectivity index (χ4v) is 2.10. The minimum absolute atomic E-state index is 0.506. The quantitative estimate of drug-likeness (QED) is 0.891. The molecule has 2 aromatic rings. The van der Waals surface area contributed by atoms with E-state index in [9.17, 15) is 0 Å². The number of hydrogen-bond donors (Lipinski definition) is 1. The van der Waals surface area contributed by atoms with Crippen molar-refractivity contribution in [3.8, 4) is 10.9 Å². The SMILES string of the molecule is COc1nsc(OC)c1CNc1ncc(C)cn1. The minimum Gasteiger partial charge on any atom is -0.486 e. The average molecular weight is 266 g/mol. The van der Waals surface area contributed by atoms with Crippen LogP contribution in [-0.2, 0) is 6.54 Å². The Morgan fingerprint density at radius 1 is 1.22 bits per heavy atom. The smallest absolute Gasteiger partial charge is 0.233 e. The Bertz CT molecular complexity index is 491. The van der Waals surface area contributed by atoms with Crippen LogP contribution in [-0.4, -0.2) is 28.6 Å². The average Bonchev–Trinajstić information content (AvgIpc) is 2.80. The largest absolute Gasteiger partial charge is 0.486 e. The molecule has 7 heteroatoms. The Balaban J connectivity index is 2.09. The monoisotopic (exact) mass is 266 g/mol. The van der Waals surface area contributed by atoms with Crippen molar-refractivity contribution in [3.63, 3.8) is 0 Å². The molecule has 18 heavy (non-hydrogen) atoms. The second kappa shape index (κ2) is 5.63. The van der Waals surface area contributed by atoms with E-state index in [-0.39, 0.29) is 0 Å². The zero-order chi connectivity index (χ0) is 13.0. The molecule has 2 heterocycles. The van der Waals surface area contributed by atoms with Gasteiger partial charge in [0.15, 0.2) is 0 Å². The van der Waals surface area contributed by atoms with Gasteiger partial charge >= 0.3 is 0 Å². The summed E-state index contributed by atoms with van der Waals surface area (Å²) >= 11 is 1.26. The third-order valence-corrected chi connectivity index (χ3v) is 3.13. The summed E-state index contributed by atoms with van der Waals surface area (Å²) in [5.41, 5.74) is 1.89. The number of rotatable bonds is 5. The highest BCUT2D eigenvalue weighted by atomic mass is 32.1. The zero-order valence-electron chi connectivity index (χ0n) is 10.4. The Morgan fingerprint density at radius 2 is 1.94 bits per heavy atom. The Morgan fingerprint density at radius 3 is 2.56 bits per heavy atom. The molecule has 2 rings (SSSR count). The van der Waals surface area contributed by atoms with Crippen LogP contribution in [0.25, 0.3) is 0 Å². The summed E-state index contributed by atoms with van der Waals surface area (Å²) in [6.07, 6.45) is 3.52. The lowest BCUT2D eigenvalue weighted by Gasteiger charge is -2.06. The maximum absolute atomic E-state index is 5.23. The van der Waals surface area contributed by atoms with E-state index in [1.807, 2.05) is 6.92 Å². The van der Waals surface area contributed by atoms with E-state index in [2.05, 4.69) is 19.7 Å². The molecule has 2 aromatic heterocycles. The van der Waals surface area contributed by atoms with E-state index in [4.69, 9.17) is 9.47 Å². The van der Waals surface area contributed by atoms with Crippen LogP contribution in [0.15, 0.2) is 12.4 Å². The van der Waals surface area contributed by atoms with Crippen molar-refractivity contribution in [2.75, 3.05) is 19.5 Å². The molecule has 0 unspecified atom stereocenters. The topological polar surface area (TPSA) is 69.2 Å². The maximum atomic E-state index is 5.23. The highest BCUT2D eigenvalue weighted by Crippen LogP contribution is 2.32. The van der Waals surface area contributed by atoms with Gasteiger partial charge in [0.2, 0.25) is 16.9 Å². The van der Waals surface area contributed by atoms with Crippen molar-refractivity contribution >= 4 is 17.5 Å². The summed E-state index contributed by atoms with van der Waals surface area (Å²) < 4.78 is 14.5. The summed E-state index contributed by atoms with van der Waals surface area (Å²) in [5.74, 6) is 1.13. The number of aromatic nitrogens is 3. The molecule has 0 amide bonds. The number of anilines is 1. The van der Waals surface area contributed by atoms with Gasteiger partial charge in [-0.15, -0.1) is 0 Å². The Labute approximate surface area is 109 Å². The van der Waals surface area contributed by atoms with Crippen LogP contribution >= 0.6 is 11.5 Å². The molecule has 0 spiro atoms. The van der Waals surface area contributed by atoms with E-state index in [1.165, 1.54) is 11.5 Å². The van der Waals surface area contributed by atoms with Crippen LogP contribution in [0.1, 0.15) is 11.1 Å². The highest BCUT2D eigenvalue weighted by Gasteiger charge is 2.15. The zero-order valence-corrected chi connectivity index (χ0v) is 11.2. The molecule has 0 saturated heterocycles. The van der Waals surface area contributed by atoms with Crippen LogP contribution in [0.5, 0.6) is 10.9 Å². The molecule has 0 aliphatic heterocycles. The molecule has 96 valence electrons. The van der Waals surface area contributed by atoms with Crippen LogP contribution in [0, 0.1) is 6.92 Å². The first-order valence-corrected chi connectivity index (χ1v) is 6.11. The molecule has 0 fully saturated rings. The van der Waals surface area contributed by atoms with Gasteiger partial charge in [0, 0.05) is 23.9 Å². The lowest BCUT2D eigenvalue weighted by atomic mass is 10.3. The molecular formula is C11H14N4O2S. The molecule has 0 bridgehead atoms. The molecule has 0 saturated carbocycles. The molecule has 1 N–H and O–H groups in total. The second-order valence-electron chi connectivity index (χ2n) is 3.60.